The van der Waals surface area contributed by atoms with E-state index in [-0.39, 0.29) is 12.1 Å². The van der Waals surface area contributed by atoms with Gasteiger partial charge in [0.1, 0.15) is 11.4 Å². The molecule has 0 aliphatic carbocycles. The smallest absolute Gasteiger partial charge is 0.342 e. The first-order valence-corrected chi connectivity index (χ1v) is 8.45. The lowest BCUT2D eigenvalue weighted by atomic mass is 10.2. The van der Waals surface area contributed by atoms with Crippen LogP contribution in [-0.2, 0) is 11.3 Å². The second-order valence-electron chi connectivity index (χ2n) is 6.32. The summed E-state index contributed by atoms with van der Waals surface area (Å²) in [6.45, 7) is 9.35. The fourth-order valence-corrected chi connectivity index (χ4v) is 2.81. The topological polar surface area (TPSA) is 84.6 Å². The summed E-state index contributed by atoms with van der Waals surface area (Å²) in [5, 5.41) is 3.94. The number of nitrogens with zero attached hydrogens (tertiary/aromatic N) is 5. The van der Waals surface area contributed by atoms with Crippen LogP contribution in [0.4, 0.5) is 5.82 Å². The second-order valence-corrected chi connectivity index (χ2v) is 6.32. The number of aryl methyl sites for hydroxylation is 1. The standard InChI is InChI=1S/C17H23N5O3/c1-12(2)24-17(23)14-5-4-6-18-16(14)22-9-7-21(8-10-22)11-15-19-13(3)25-20-15/h4-6,12H,7-11H2,1-3H3. The van der Waals surface area contributed by atoms with Crippen LogP contribution in [0.5, 0.6) is 0 Å². The number of carbonyl (C=O) groups is 1. The first-order chi connectivity index (χ1) is 12.0. The van der Waals surface area contributed by atoms with Gasteiger partial charge < -0.3 is 14.2 Å². The van der Waals surface area contributed by atoms with Gasteiger partial charge in [-0.25, -0.2) is 9.78 Å². The quantitative estimate of drug-likeness (QED) is 0.757. The summed E-state index contributed by atoms with van der Waals surface area (Å²) in [6.07, 6.45) is 1.55. The van der Waals surface area contributed by atoms with E-state index >= 15 is 0 Å². The van der Waals surface area contributed by atoms with Crippen LogP contribution in [0.15, 0.2) is 22.9 Å². The Balaban J connectivity index is 1.64. The molecule has 0 amide bonds. The van der Waals surface area contributed by atoms with E-state index in [1.54, 1.807) is 25.3 Å². The number of piperazine rings is 1. The van der Waals surface area contributed by atoms with E-state index < -0.39 is 0 Å². The van der Waals surface area contributed by atoms with Gasteiger partial charge in [0, 0.05) is 39.3 Å². The number of anilines is 1. The minimum atomic E-state index is -0.331. The van der Waals surface area contributed by atoms with Gasteiger partial charge in [-0.15, -0.1) is 0 Å². The van der Waals surface area contributed by atoms with Crippen LogP contribution in [0.25, 0.3) is 0 Å². The van der Waals surface area contributed by atoms with Crippen LogP contribution in [-0.4, -0.2) is 58.3 Å². The molecule has 1 aliphatic rings. The van der Waals surface area contributed by atoms with Gasteiger partial charge in [0.05, 0.1) is 12.6 Å². The molecule has 3 heterocycles. The summed E-state index contributed by atoms with van der Waals surface area (Å²) in [5.74, 6) is 1.63. The first-order valence-electron chi connectivity index (χ1n) is 8.45. The highest BCUT2D eigenvalue weighted by atomic mass is 16.5. The molecule has 8 nitrogen and oxygen atoms in total. The average Bonchev–Trinajstić information content (AvgIpc) is 3.00. The lowest BCUT2D eigenvalue weighted by Crippen LogP contribution is -2.46. The Labute approximate surface area is 146 Å². The molecule has 1 saturated heterocycles. The van der Waals surface area contributed by atoms with Crippen molar-refractivity contribution in [2.24, 2.45) is 0 Å². The summed E-state index contributed by atoms with van der Waals surface area (Å²) in [5.41, 5.74) is 0.512. The number of hydrogen-bond acceptors (Lipinski definition) is 8. The number of ether oxygens (including phenoxy) is 1. The largest absolute Gasteiger partial charge is 0.459 e. The van der Waals surface area contributed by atoms with Gasteiger partial charge in [0.15, 0.2) is 5.82 Å². The van der Waals surface area contributed by atoms with E-state index in [0.29, 0.717) is 29.6 Å². The molecule has 1 aliphatic heterocycles. The van der Waals surface area contributed by atoms with E-state index in [9.17, 15) is 4.79 Å². The van der Waals surface area contributed by atoms with Crippen molar-refractivity contribution in [1.82, 2.24) is 20.0 Å². The molecule has 2 aromatic rings. The third-order valence-electron chi connectivity index (χ3n) is 3.96. The van der Waals surface area contributed by atoms with Gasteiger partial charge in [0.2, 0.25) is 5.89 Å². The van der Waals surface area contributed by atoms with Crippen molar-refractivity contribution >= 4 is 11.8 Å². The van der Waals surface area contributed by atoms with Crippen molar-refractivity contribution in [2.75, 3.05) is 31.1 Å². The Morgan fingerprint density at radius 3 is 2.72 bits per heavy atom. The minimum absolute atomic E-state index is 0.157. The van der Waals surface area contributed by atoms with E-state index in [4.69, 9.17) is 9.26 Å². The molecule has 0 spiro atoms. The lowest BCUT2D eigenvalue weighted by molar-refractivity contribution is 0.0378. The number of carbonyl (C=O) groups excluding carboxylic acids is 1. The zero-order valence-corrected chi connectivity index (χ0v) is 14.8. The van der Waals surface area contributed by atoms with Crippen LogP contribution >= 0.6 is 0 Å². The van der Waals surface area contributed by atoms with Crippen LogP contribution in [0.1, 0.15) is 35.9 Å². The van der Waals surface area contributed by atoms with Crippen molar-refractivity contribution in [2.45, 2.75) is 33.4 Å². The van der Waals surface area contributed by atoms with Gasteiger partial charge in [-0.3, -0.25) is 4.90 Å². The molecule has 3 rings (SSSR count). The zero-order valence-electron chi connectivity index (χ0n) is 14.8. The Bertz CT molecular complexity index is 723. The van der Waals surface area contributed by atoms with Crippen molar-refractivity contribution in [3.8, 4) is 0 Å². The van der Waals surface area contributed by atoms with Gasteiger partial charge in [-0.2, -0.15) is 4.98 Å². The predicted octanol–water partition coefficient (Wildman–Crippen LogP) is 1.66. The van der Waals surface area contributed by atoms with Crippen molar-refractivity contribution in [3.05, 3.63) is 35.6 Å². The van der Waals surface area contributed by atoms with Crippen LogP contribution in [0.3, 0.4) is 0 Å². The summed E-state index contributed by atoms with van der Waals surface area (Å²) in [4.78, 5) is 25.3. The number of esters is 1. The highest BCUT2D eigenvalue weighted by Gasteiger charge is 2.24. The lowest BCUT2D eigenvalue weighted by Gasteiger charge is -2.35. The van der Waals surface area contributed by atoms with Gasteiger partial charge in [-0.1, -0.05) is 5.16 Å². The molecule has 0 aromatic carbocycles. The van der Waals surface area contributed by atoms with Crippen molar-refractivity contribution < 1.29 is 14.1 Å². The van der Waals surface area contributed by atoms with Gasteiger partial charge >= 0.3 is 5.97 Å². The third-order valence-corrected chi connectivity index (χ3v) is 3.96. The monoisotopic (exact) mass is 345 g/mol. The maximum atomic E-state index is 12.3. The van der Waals surface area contributed by atoms with E-state index in [2.05, 4.69) is 24.9 Å². The van der Waals surface area contributed by atoms with Gasteiger partial charge in [-0.05, 0) is 26.0 Å². The summed E-state index contributed by atoms with van der Waals surface area (Å²) < 4.78 is 10.3. The zero-order chi connectivity index (χ0) is 17.8. The van der Waals surface area contributed by atoms with Crippen LogP contribution in [0.2, 0.25) is 0 Å². The molecule has 134 valence electrons. The van der Waals surface area contributed by atoms with Crippen LogP contribution < -0.4 is 4.90 Å². The Morgan fingerprint density at radius 2 is 2.08 bits per heavy atom. The van der Waals surface area contributed by atoms with Gasteiger partial charge in [0.25, 0.3) is 0 Å². The molecule has 0 unspecified atom stereocenters. The van der Waals surface area contributed by atoms with Crippen molar-refractivity contribution in [3.63, 3.8) is 0 Å². The average molecular weight is 345 g/mol. The molecule has 0 N–H and O–H groups in total. The fraction of sp³-hybridized carbons (Fsp3) is 0.529. The molecule has 0 saturated carbocycles. The number of rotatable bonds is 5. The molecular weight excluding hydrogens is 322 g/mol. The second kappa shape index (κ2) is 7.60. The molecule has 0 radical (unpaired) electrons. The highest BCUT2D eigenvalue weighted by molar-refractivity contribution is 5.94. The number of aromatic nitrogens is 3. The highest BCUT2D eigenvalue weighted by Crippen LogP contribution is 2.20. The Kier molecular flexibility index (Phi) is 5.28. The fourth-order valence-electron chi connectivity index (χ4n) is 2.81. The van der Waals surface area contributed by atoms with Crippen LogP contribution in [0, 0.1) is 6.92 Å². The maximum Gasteiger partial charge on any atom is 0.342 e. The Hall–Kier alpha value is -2.48. The molecular formula is C17H23N5O3. The maximum absolute atomic E-state index is 12.3. The minimum Gasteiger partial charge on any atom is -0.459 e. The molecule has 0 bridgehead atoms. The summed E-state index contributed by atoms with van der Waals surface area (Å²) >= 11 is 0. The number of pyridine rings is 1. The third kappa shape index (κ3) is 4.33. The summed E-state index contributed by atoms with van der Waals surface area (Å²) in [7, 11) is 0. The molecule has 8 heteroatoms. The van der Waals surface area contributed by atoms with E-state index in [0.717, 1.165) is 26.2 Å². The van der Waals surface area contributed by atoms with E-state index in [1.807, 2.05) is 13.8 Å². The summed E-state index contributed by atoms with van der Waals surface area (Å²) in [6, 6.07) is 3.52. The predicted molar refractivity (Wildman–Crippen MR) is 91.3 cm³/mol. The normalized spacial score (nSPS) is 15.6. The Morgan fingerprint density at radius 1 is 1.32 bits per heavy atom. The van der Waals surface area contributed by atoms with E-state index in [1.165, 1.54) is 0 Å². The van der Waals surface area contributed by atoms with Crippen molar-refractivity contribution in [1.29, 1.82) is 0 Å². The molecule has 2 aromatic heterocycles. The molecule has 1 fully saturated rings. The molecule has 0 atom stereocenters. The SMILES string of the molecule is Cc1nc(CN2CCN(c3ncccc3C(=O)OC(C)C)CC2)no1. The molecule has 25 heavy (non-hydrogen) atoms. The first kappa shape index (κ1) is 17.3. The number of hydrogen-bond donors (Lipinski definition) is 0.